The second kappa shape index (κ2) is 5.32. The normalized spacial score (nSPS) is 13.9. The maximum absolute atomic E-state index is 11.9. The number of aryl methyl sites for hydroxylation is 1. The monoisotopic (exact) mass is 261 g/mol. The zero-order chi connectivity index (χ0) is 14.0. The van der Waals surface area contributed by atoms with Crippen molar-refractivity contribution in [1.82, 2.24) is 0 Å². The van der Waals surface area contributed by atoms with Gasteiger partial charge in [0.25, 0.3) is 11.7 Å². The zero-order valence-electron chi connectivity index (χ0n) is 10.9. The van der Waals surface area contributed by atoms with Crippen LogP contribution in [-0.2, 0) is 20.7 Å². The lowest BCUT2D eigenvalue weighted by Crippen LogP contribution is -2.35. The molecular weight excluding hydrogens is 246 g/mol. The molecule has 1 amide bonds. The molecule has 1 heterocycles. The number of hydrogen-bond acceptors (Lipinski definition) is 4. The summed E-state index contributed by atoms with van der Waals surface area (Å²) in [5, 5.41) is 0. The summed E-state index contributed by atoms with van der Waals surface area (Å²) in [5.41, 5.74) is 1.89. The van der Waals surface area contributed by atoms with Crippen LogP contribution in [0.3, 0.4) is 0 Å². The van der Waals surface area contributed by atoms with Gasteiger partial charge in [-0.1, -0.05) is 13.0 Å². The topological polar surface area (TPSA) is 63.7 Å². The molecule has 0 aliphatic carbocycles. The average molecular weight is 261 g/mol. The third kappa shape index (κ3) is 2.42. The van der Waals surface area contributed by atoms with Crippen LogP contribution in [0.5, 0.6) is 0 Å². The average Bonchev–Trinajstić information content (AvgIpc) is 2.64. The number of anilines is 1. The Kier molecular flexibility index (Phi) is 3.76. The van der Waals surface area contributed by atoms with Crippen molar-refractivity contribution in [1.29, 1.82) is 0 Å². The number of Topliss-reactive ketones (excluding diaryl/α,β-unsaturated/α-hetero) is 2. The van der Waals surface area contributed by atoms with Crippen molar-refractivity contribution in [2.24, 2.45) is 0 Å². The fraction of sp³-hybridized carbons (Fsp3) is 0.357. The number of methoxy groups -OCH3 is 1. The van der Waals surface area contributed by atoms with E-state index in [9.17, 15) is 14.4 Å². The standard InChI is InChI=1S/C14H15NO4/c1-3-9-4-5-12-11(6-9)13(17)14(18)15(12)7-10(16)8-19-2/h4-6H,3,7-8H2,1-2H3. The number of nitrogens with zero attached hydrogens (tertiary/aromatic N) is 1. The van der Waals surface area contributed by atoms with Gasteiger partial charge in [0.2, 0.25) is 0 Å². The molecule has 0 radical (unpaired) electrons. The van der Waals surface area contributed by atoms with E-state index in [1.165, 1.54) is 12.0 Å². The molecule has 0 atom stereocenters. The molecular formula is C14H15NO4. The fourth-order valence-corrected chi connectivity index (χ4v) is 2.11. The maximum Gasteiger partial charge on any atom is 0.299 e. The summed E-state index contributed by atoms with van der Waals surface area (Å²) in [7, 11) is 1.41. The summed E-state index contributed by atoms with van der Waals surface area (Å²) in [4.78, 5) is 36.5. The van der Waals surface area contributed by atoms with E-state index in [0.29, 0.717) is 11.3 Å². The van der Waals surface area contributed by atoms with Crippen LogP contribution in [0.4, 0.5) is 5.69 Å². The molecule has 1 aliphatic rings. The molecule has 5 heteroatoms. The molecule has 100 valence electrons. The quantitative estimate of drug-likeness (QED) is 0.742. The molecule has 1 aromatic carbocycles. The van der Waals surface area contributed by atoms with Crippen molar-refractivity contribution in [2.75, 3.05) is 25.2 Å². The highest BCUT2D eigenvalue weighted by Crippen LogP contribution is 2.29. The highest BCUT2D eigenvalue weighted by Gasteiger charge is 2.36. The van der Waals surface area contributed by atoms with E-state index < -0.39 is 11.7 Å². The number of carbonyl (C=O) groups is 3. The highest BCUT2D eigenvalue weighted by atomic mass is 16.5. The van der Waals surface area contributed by atoms with Gasteiger partial charge >= 0.3 is 0 Å². The van der Waals surface area contributed by atoms with E-state index in [1.54, 1.807) is 12.1 Å². The number of fused-ring (bicyclic) bond motifs is 1. The molecule has 0 spiro atoms. The first-order chi connectivity index (χ1) is 9.08. The van der Waals surface area contributed by atoms with Gasteiger partial charge in [-0.2, -0.15) is 0 Å². The van der Waals surface area contributed by atoms with Gasteiger partial charge < -0.3 is 4.74 Å². The van der Waals surface area contributed by atoms with E-state index in [-0.39, 0.29) is 18.9 Å². The van der Waals surface area contributed by atoms with E-state index in [1.807, 2.05) is 13.0 Å². The van der Waals surface area contributed by atoms with Crippen LogP contribution in [0.25, 0.3) is 0 Å². The van der Waals surface area contributed by atoms with Crippen LogP contribution >= 0.6 is 0 Å². The van der Waals surface area contributed by atoms with Crippen LogP contribution in [0.15, 0.2) is 18.2 Å². The number of rotatable bonds is 5. The van der Waals surface area contributed by atoms with Crippen LogP contribution in [0, 0.1) is 0 Å². The van der Waals surface area contributed by atoms with Gasteiger partial charge in [-0.05, 0) is 24.1 Å². The number of carbonyl (C=O) groups excluding carboxylic acids is 3. The Labute approximate surface area is 111 Å². The Morgan fingerprint density at radius 3 is 2.68 bits per heavy atom. The minimum atomic E-state index is -0.646. The summed E-state index contributed by atoms with van der Waals surface area (Å²) >= 11 is 0. The van der Waals surface area contributed by atoms with Crippen molar-refractivity contribution in [2.45, 2.75) is 13.3 Å². The molecule has 2 rings (SSSR count). The first-order valence-corrected chi connectivity index (χ1v) is 6.08. The number of amides is 1. The first kappa shape index (κ1) is 13.4. The minimum absolute atomic E-state index is 0.0691. The molecule has 1 aliphatic heterocycles. The fourth-order valence-electron chi connectivity index (χ4n) is 2.11. The van der Waals surface area contributed by atoms with Crippen LogP contribution in [0.1, 0.15) is 22.8 Å². The molecule has 0 saturated carbocycles. The number of ketones is 2. The summed E-state index contributed by atoms with van der Waals surface area (Å²) in [6.45, 7) is 1.78. The van der Waals surface area contributed by atoms with Crippen LogP contribution in [0.2, 0.25) is 0 Å². The maximum atomic E-state index is 11.9. The van der Waals surface area contributed by atoms with Gasteiger partial charge in [-0.3, -0.25) is 19.3 Å². The number of ether oxygens (including phenoxy) is 1. The van der Waals surface area contributed by atoms with Gasteiger partial charge in [0.05, 0.1) is 17.8 Å². The first-order valence-electron chi connectivity index (χ1n) is 6.08. The predicted molar refractivity (Wildman–Crippen MR) is 69.4 cm³/mol. The van der Waals surface area contributed by atoms with Crippen molar-refractivity contribution in [3.63, 3.8) is 0 Å². The van der Waals surface area contributed by atoms with Gasteiger partial charge in [0.1, 0.15) is 6.61 Å². The summed E-state index contributed by atoms with van der Waals surface area (Å²) in [6, 6.07) is 5.30. The Bertz CT molecular complexity index is 550. The zero-order valence-corrected chi connectivity index (χ0v) is 10.9. The van der Waals surface area contributed by atoms with Crippen molar-refractivity contribution >= 4 is 23.2 Å². The molecule has 0 bridgehead atoms. The third-order valence-electron chi connectivity index (χ3n) is 3.08. The van der Waals surface area contributed by atoms with Crippen molar-refractivity contribution in [3.8, 4) is 0 Å². The Balaban J connectivity index is 2.31. The van der Waals surface area contributed by atoms with E-state index >= 15 is 0 Å². The molecule has 19 heavy (non-hydrogen) atoms. The van der Waals surface area contributed by atoms with Crippen LogP contribution < -0.4 is 4.90 Å². The molecule has 1 aromatic rings. The van der Waals surface area contributed by atoms with Gasteiger partial charge in [-0.15, -0.1) is 0 Å². The summed E-state index contributed by atoms with van der Waals surface area (Å²) in [6.07, 6.45) is 0.789. The van der Waals surface area contributed by atoms with Gasteiger partial charge in [-0.25, -0.2) is 0 Å². The smallest absolute Gasteiger partial charge is 0.299 e. The molecule has 0 N–H and O–H groups in total. The predicted octanol–water partition coefficient (Wildman–Crippen LogP) is 0.994. The Hall–Kier alpha value is -2.01. The molecule has 0 saturated heterocycles. The summed E-state index contributed by atoms with van der Waals surface area (Å²) < 4.78 is 4.73. The SMILES string of the molecule is CCc1ccc2c(c1)C(=O)C(=O)N2CC(=O)COC. The van der Waals surface area contributed by atoms with E-state index in [2.05, 4.69) is 0 Å². The van der Waals surface area contributed by atoms with E-state index in [4.69, 9.17) is 4.74 Å². The molecule has 5 nitrogen and oxygen atoms in total. The number of benzene rings is 1. The lowest BCUT2D eigenvalue weighted by atomic mass is 10.1. The highest BCUT2D eigenvalue weighted by molar-refractivity contribution is 6.52. The Morgan fingerprint density at radius 2 is 2.05 bits per heavy atom. The van der Waals surface area contributed by atoms with Crippen LogP contribution in [-0.4, -0.2) is 37.7 Å². The lowest BCUT2D eigenvalue weighted by Gasteiger charge is -2.15. The lowest BCUT2D eigenvalue weighted by molar-refractivity contribution is -0.123. The van der Waals surface area contributed by atoms with Gasteiger partial charge in [0.15, 0.2) is 5.78 Å². The molecule has 0 fully saturated rings. The minimum Gasteiger partial charge on any atom is -0.377 e. The van der Waals surface area contributed by atoms with Crippen molar-refractivity contribution in [3.05, 3.63) is 29.3 Å². The molecule has 0 aromatic heterocycles. The molecule has 0 unspecified atom stereocenters. The van der Waals surface area contributed by atoms with E-state index in [0.717, 1.165) is 12.0 Å². The van der Waals surface area contributed by atoms with Gasteiger partial charge in [0, 0.05) is 7.11 Å². The third-order valence-corrected chi connectivity index (χ3v) is 3.08. The summed E-state index contributed by atoms with van der Waals surface area (Å²) in [5.74, 6) is -1.43. The Morgan fingerprint density at radius 1 is 1.32 bits per heavy atom. The second-order valence-electron chi connectivity index (χ2n) is 4.40. The largest absolute Gasteiger partial charge is 0.377 e. The second-order valence-corrected chi connectivity index (χ2v) is 4.40. The number of hydrogen-bond donors (Lipinski definition) is 0. The van der Waals surface area contributed by atoms with Crippen molar-refractivity contribution < 1.29 is 19.1 Å².